The van der Waals surface area contributed by atoms with E-state index in [4.69, 9.17) is 28.4 Å². The molecule has 7 heteroatoms. The molecule has 0 spiro atoms. The van der Waals surface area contributed by atoms with Crippen molar-refractivity contribution in [2.75, 3.05) is 92.4 Å². The lowest BCUT2D eigenvalue weighted by molar-refractivity contribution is -0.0169. The Labute approximate surface area is 174 Å². The lowest BCUT2D eigenvalue weighted by Crippen LogP contribution is -2.24. The second kappa shape index (κ2) is 23.0. The van der Waals surface area contributed by atoms with Crippen LogP contribution in [0.3, 0.4) is 0 Å². The summed E-state index contributed by atoms with van der Waals surface area (Å²) in [6.45, 7) is 18.2. The van der Waals surface area contributed by atoms with Crippen LogP contribution in [0.4, 0.5) is 0 Å². The van der Waals surface area contributed by atoms with E-state index in [1.807, 2.05) is 0 Å². The Morgan fingerprint density at radius 1 is 0.500 bits per heavy atom. The second-order valence-corrected chi connectivity index (χ2v) is 7.45. The zero-order valence-electron chi connectivity index (χ0n) is 18.7. The third-order valence-electron chi connectivity index (χ3n) is 3.68. The predicted octanol–water partition coefficient (Wildman–Crippen LogP) is 2.62. The van der Waals surface area contributed by atoms with Gasteiger partial charge in [0.25, 0.3) is 0 Å². The van der Waals surface area contributed by atoms with Gasteiger partial charge < -0.3 is 33.7 Å². The summed E-state index contributed by atoms with van der Waals surface area (Å²) in [7, 11) is 0. The van der Waals surface area contributed by atoms with Gasteiger partial charge in [0, 0.05) is 14.6 Å². The van der Waals surface area contributed by atoms with Crippen LogP contribution in [0, 0.1) is 11.8 Å². The predicted molar refractivity (Wildman–Crippen MR) is 114 cm³/mol. The Bertz CT molecular complexity index is 270. The van der Waals surface area contributed by atoms with Crippen molar-refractivity contribution in [3.8, 4) is 0 Å². The summed E-state index contributed by atoms with van der Waals surface area (Å²) in [6, 6.07) is 0. The van der Waals surface area contributed by atoms with Crippen molar-refractivity contribution in [2.24, 2.45) is 11.8 Å². The molecule has 0 heterocycles. The van der Waals surface area contributed by atoms with Crippen LogP contribution in [0.1, 0.15) is 35.5 Å². The molecule has 28 heavy (non-hydrogen) atoms. The van der Waals surface area contributed by atoms with E-state index in [-0.39, 0.29) is 1.43 Å². The summed E-state index contributed by atoms with van der Waals surface area (Å²) in [5.41, 5.74) is 0. The second-order valence-electron chi connectivity index (χ2n) is 7.45. The molecule has 0 aliphatic heterocycles. The molecule has 0 aromatic carbocycles. The van der Waals surface area contributed by atoms with Crippen molar-refractivity contribution in [1.29, 1.82) is 0 Å². The minimum atomic E-state index is 0. The lowest BCUT2D eigenvalue weighted by atomic mass is 10.1. The highest BCUT2D eigenvalue weighted by Gasteiger charge is 1.96. The van der Waals surface area contributed by atoms with Crippen LogP contribution in [-0.2, 0) is 28.4 Å². The van der Waals surface area contributed by atoms with Gasteiger partial charge in [0.1, 0.15) is 0 Å². The van der Waals surface area contributed by atoms with Gasteiger partial charge >= 0.3 is 0 Å². The Morgan fingerprint density at radius 2 is 0.857 bits per heavy atom. The van der Waals surface area contributed by atoms with Crippen LogP contribution in [0.25, 0.3) is 0 Å². The molecule has 0 aliphatic rings. The van der Waals surface area contributed by atoms with Gasteiger partial charge in [-0.3, -0.25) is 0 Å². The van der Waals surface area contributed by atoms with E-state index in [0.29, 0.717) is 77.9 Å². The molecule has 0 saturated heterocycles. The topological polar surface area (TPSA) is 67.4 Å². The SMILES string of the molecule is CC(C)CCOCCOCCOCCOCCOCCOCCNCC(C)C.[HH]. The number of hydrogen-bond donors (Lipinski definition) is 1. The monoisotopic (exact) mass is 409 g/mol. The van der Waals surface area contributed by atoms with Crippen LogP contribution in [0.5, 0.6) is 0 Å². The Hall–Kier alpha value is -0.280. The summed E-state index contributed by atoms with van der Waals surface area (Å²) in [6.07, 6.45) is 1.10. The Morgan fingerprint density at radius 3 is 1.21 bits per heavy atom. The molecule has 0 aromatic heterocycles. The third kappa shape index (κ3) is 25.7. The van der Waals surface area contributed by atoms with Gasteiger partial charge in [-0.1, -0.05) is 27.7 Å². The van der Waals surface area contributed by atoms with Crippen LogP contribution in [0.2, 0.25) is 0 Å². The van der Waals surface area contributed by atoms with Gasteiger partial charge in [-0.15, -0.1) is 0 Å². The van der Waals surface area contributed by atoms with E-state index in [9.17, 15) is 0 Å². The molecule has 0 bridgehead atoms. The first-order valence-corrected chi connectivity index (χ1v) is 10.8. The smallest absolute Gasteiger partial charge is 0.0701 e. The van der Waals surface area contributed by atoms with Crippen LogP contribution >= 0.6 is 0 Å². The molecule has 0 unspecified atom stereocenters. The number of nitrogens with one attached hydrogen (secondary N) is 1. The van der Waals surface area contributed by atoms with Gasteiger partial charge in [-0.25, -0.2) is 0 Å². The minimum absolute atomic E-state index is 0. The van der Waals surface area contributed by atoms with Gasteiger partial charge in [-0.05, 0) is 24.8 Å². The first-order chi connectivity index (χ1) is 13.6. The molecule has 0 amide bonds. The molecule has 0 radical (unpaired) electrons. The van der Waals surface area contributed by atoms with Crippen LogP contribution in [0.15, 0.2) is 0 Å². The Balaban J connectivity index is 0. The van der Waals surface area contributed by atoms with Gasteiger partial charge in [0.05, 0.1) is 72.7 Å². The molecule has 0 aliphatic carbocycles. The average Bonchev–Trinajstić information content (AvgIpc) is 2.65. The van der Waals surface area contributed by atoms with Gasteiger partial charge in [0.2, 0.25) is 0 Å². The van der Waals surface area contributed by atoms with Crippen LogP contribution < -0.4 is 5.32 Å². The van der Waals surface area contributed by atoms with Crippen molar-refractivity contribution in [1.82, 2.24) is 5.32 Å². The highest BCUT2D eigenvalue weighted by molar-refractivity contribution is 4.49. The van der Waals surface area contributed by atoms with Crippen LogP contribution in [-0.4, -0.2) is 92.4 Å². The maximum absolute atomic E-state index is 5.48. The fourth-order valence-electron chi connectivity index (χ4n) is 2.06. The molecule has 0 atom stereocenters. The summed E-state index contributed by atoms with van der Waals surface area (Å²) < 4.78 is 32.7. The molecule has 7 nitrogen and oxygen atoms in total. The first-order valence-electron chi connectivity index (χ1n) is 10.8. The van der Waals surface area contributed by atoms with Crippen molar-refractivity contribution in [3.63, 3.8) is 0 Å². The molecule has 0 fully saturated rings. The highest BCUT2D eigenvalue weighted by Crippen LogP contribution is 1.98. The summed E-state index contributed by atoms with van der Waals surface area (Å²) >= 11 is 0. The molecule has 0 rings (SSSR count). The number of ether oxygens (including phenoxy) is 6. The van der Waals surface area contributed by atoms with Crippen molar-refractivity contribution < 1.29 is 29.8 Å². The van der Waals surface area contributed by atoms with E-state index in [2.05, 4.69) is 33.0 Å². The summed E-state index contributed by atoms with van der Waals surface area (Å²) in [5.74, 6) is 1.36. The maximum atomic E-state index is 5.48. The molecule has 1 N–H and O–H groups in total. The van der Waals surface area contributed by atoms with Gasteiger partial charge in [-0.2, -0.15) is 0 Å². The van der Waals surface area contributed by atoms with E-state index >= 15 is 0 Å². The van der Waals surface area contributed by atoms with E-state index < -0.39 is 0 Å². The fraction of sp³-hybridized carbons (Fsp3) is 1.00. The van der Waals surface area contributed by atoms with Crippen molar-refractivity contribution in [3.05, 3.63) is 0 Å². The first kappa shape index (κ1) is 27.7. The maximum Gasteiger partial charge on any atom is 0.0701 e. The third-order valence-corrected chi connectivity index (χ3v) is 3.68. The molecule has 0 saturated carbocycles. The quantitative estimate of drug-likeness (QED) is 0.260. The fourth-order valence-corrected chi connectivity index (χ4v) is 2.06. The average molecular weight is 410 g/mol. The van der Waals surface area contributed by atoms with E-state index in [1.54, 1.807) is 0 Å². The number of rotatable bonds is 23. The van der Waals surface area contributed by atoms with E-state index in [1.165, 1.54) is 0 Å². The lowest BCUT2D eigenvalue weighted by Gasteiger charge is -2.09. The molecule has 172 valence electrons. The standard InChI is InChI=1S/C21H45NO6.H2/c1-20(2)5-7-23-9-11-25-13-15-27-17-18-28-16-14-26-12-10-24-8-6-22-19-21(3)4;/h20-22H,5-19H2,1-4H3;1H. The molecular formula is C21H47NO6. The number of hydrogen-bond acceptors (Lipinski definition) is 7. The zero-order valence-corrected chi connectivity index (χ0v) is 18.7. The van der Waals surface area contributed by atoms with Crippen molar-refractivity contribution in [2.45, 2.75) is 34.1 Å². The zero-order chi connectivity index (χ0) is 20.7. The largest absolute Gasteiger partial charge is 0.379 e. The Kier molecular flexibility index (Phi) is 22.8. The highest BCUT2D eigenvalue weighted by atomic mass is 16.6. The summed E-state index contributed by atoms with van der Waals surface area (Å²) in [5, 5.41) is 3.33. The van der Waals surface area contributed by atoms with Crippen molar-refractivity contribution >= 4 is 0 Å². The molecule has 0 aromatic rings. The minimum Gasteiger partial charge on any atom is -0.379 e. The van der Waals surface area contributed by atoms with E-state index in [0.717, 1.165) is 32.7 Å². The normalized spacial score (nSPS) is 11.8. The summed E-state index contributed by atoms with van der Waals surface area (Å²) in [4.78, 5) is 0. The molecular weight excluding hydrogens is 362 g/mol. The van der Waals surface area contributed by atoms with Gasteiger partial charge in [0.15, 0.2) is 0 Å².